The quantitative estimate of drug-likeness (QED) is 0.803. The fourth-order valence-corrected chi connectivity index (χ4v) is 2.34. The van der Waals surface area contributed by atoms with Crippen LogP contribution in [0.15, 0.2) is 41.5 Å². The Bertz CT molecular complexity index is 664. The fraction of sp³-hybridized carbons (Fsp3) is 0.267. The first kappa shape index (κ1) is 12.6. The summed E-state index contributed by atoms with van der Waals surface area (Å²) in [5, 5.41) is 0.958. The van der Waals surface area contributed by atoms with E-state index in [1.54, 1.807) is 13.1 Å². The molecule has 102 valence electrons. The molecule has 20 heavy (non-hydrogen) atoms. The first-order valence-corrected chi connectivity index (χ1v) is 6.48. The van der Waals surface area contributed by atoms with E-state index in [2.05, 4.69) is 9.98 Å². The van der Waals surface area contributed by atoms with E-state index in [1.807, 2.05) is 30.3 Å². The number of carbonyl (C=O) groups excluding carboxylic acids is 1. The summed E-state index contributed by atoms with van der Waals surface area (Å²) in [6.07, 6.45) is 2.57. The molecule has 1 aliphatic heterocycles. The van der Waals surface area contributed by atoms with E-state index in [1.165, 1.54) is 6.40 Å². The Morgan fingerprint density at radius 1 is 1.35 bits per heavy atom. The molecule has 2 aromatic rings. The lowest BCUT2D eigenvalue weighted by Gasteiger charge is -2.17. The zero-order valence-corrected chi connectivity index (χ0v) is 11.0. The number of esters is 1. The Hall–Kier alpha value is -2.43. The van der Waals surface area contributed by atoms with Gasteiger partial charge in [-0.15, -0.1) is 0 Å². The summed E-state index contributed by atoms with van der Waals surface area (Å²) >= 11 is 0. The topological polar surface area (TPSA) is 60.8 Å². The molecule has 2 atom stereocenters. The highest BCUT2D eigenvalue weighted by Crippen LogP contribution is 2.32. The van der Waals surface area contributed by atoms with E-state index >= 15 is 0 Å². The molecule has 5 heteroatoms. The number of nitrogens with zero attached hydrogens (tertiary/aromatic N) is 2. The van der Waals surface area contributed by atoms with Gasteiger partial charge in [-0.2, -0.15) is 0 Å². The first-order valence-electron chi connectivity index (χ1n) is 6.48. The molecule has 3 rings (SSSR count). The number of benzene rings is 1. The SMILES string of the molecule is CCOC(=O)C1N=COC1c1ccnc2ccccc12. The molecule has 0 fully saturated rings. The van der Waals surface area contributed by atoms with Crippen molar-refractivity contribution in [1.29, 1.82) is 0 Å². The minimum absolute atomic E-state index is 0.328. The van der Waals surface area contributed by atoms with Crippen LogP contribution in [0.4, 0.5) is 0 Å². The van der Waals surface area contributed by atoms with Crippen LogP contribution in [0.25, 0.3) is 10.9 Å². The summed E-state index contributed by atoms with van der Waals surface area (Å²) < 4.78 is 10.5. The van der Waals surface area contributed by atoms with Gasteiger partial charge >= 0.3 is 5.97 Å². The lowest BCUT2D eigenvalue weighted by Crippen LogP contribution is -2.26. The minimum Gasteiger partial charge on any atom is -0.473 e. The van der Waals surface area contributed by atoms with Crippen LogP contribution in [0.2, 0.25) is 0 Å². The Balaban J connectivity index is 2.00. The maximum absolute atomic E-state index is 11.9. The molecular weight excluding hydrogens is 256 g/mol. The van der Waals surface area contributed by atoms with Crippen LogP contribution in [-0.2, 0) is 14.3 Å². The summed E-state index contributed by atoms with van der Waals surface area (Å²) in [7, 11) is 0. The molecule has 0 bridgehead atoms. The highest BCUT2D eigenvalue weighted by Gasteiger charge is 2.36. The van der Waals surface area contributed by atoms with Crippen molar-refractivity contribution >= 4 is 23.3 Å². The number of fused-ring (bicyclic) bond motifs is 1. The molecule has 1 aliphatic rings. The third kappa shape index (κ3) is 2.11. The molecule has 0 spiro atoms. The maximum Gasteiger partial charge on any atom is 0.335 e. The molecule has 0 aliphatic carbocycles. The van der Waals surface area contributed by atoms with Crippen LogP contribution < -0.4 is 0 Å². The second-order valence-electron chi connectivity index (χ2n) is 4.43. The standard InChI is InChI=1S/C15H14N2O3/c1-2-19-15(18)13-14(20-9-17-13)11-7-8-16-12-6-4-3-5-10(11)12/h3-9,13-14H,2H2,1H3. The molecule has 2 unspecified atom stereocenters. The predicted molar refractivity (Wildman–Crippen MR) is 74.5 cm³/mol. The van der Waals surface area contributed by atoms with Crippen LogP contribution >= 0.6 is 0 Å². The average Bonchev–Trinajstić information content (AvgIpc) is 2.96. The van der Waals surface area contributed by atoms with Gasteiger partial charge in [0.05, 0.1) is 12.1 Å². The smallest absolute Gasteiger partial charge is 0.335 e. The maximum atomic E-state index is 11.9. The largest absolute Gasteiger partial charge is 0.473 e. The molecule has 0 radical (unpaired) electrons. The van der Waals surface area contributed by atoms with Crippen molar-refractivity contribution in [3.05, 3.63) is 42.1 Å². The van der Waals surface area contributed by atoms with Crippen molar-refractivity contribution in [3.63, 3.8) is 0 Å². The van der Waals surface area contributed by atoms with Crippen molar-refractivity contribution in [2.75, 3.05) is 6.61 Å². The average molecular weight is 270 g/mol. The van der Waals surface area contributed by atoms with E-state index in [9.17, 15) is 4.79 Å². The Morgan fingerprint density at radius 3 is 3.05 bits per heavy atom. The number of para-hydroxylation sites is 1. The van der Waals surface area contributed by atoms with Gasteiger partial charge < -0.3 is 9.47 Å². The highest BCUT2D eigenvalue weighted by molar-refractivity contribution is 5.86. The lowest BCUT2D eigenvalue weighted by atomic mass is 9.99. The van der Waals surface area contributed by atoms with Crippen LogP contribution in [0, 0.1) is 0 Å². The number of hydrogen-bond donors (Lipinski definition) is 0. The number of carbonyl (C=O) groups is 1. The van der Waals surface area contributed by atoms with Crippen LogP contribution in [0.3, 0.4) is 0 Å². The number of hydrogen-bond acceptors (Lipinski definition) is 5. The molecule has 1 aromatic heterocycles. The van der Waals surface area contributed by atoms with Crippen molar-refractivity contribution in [2.24, 2.45) is 4.99 Å². The van der Waals surface area contributed by atoms with Gasteiger partial charge in [0.2, 0.25) is 0 Å². The van der Waals surface area contributed by atoms with Crippen molar-refractivity contribution in [3.8, 4) is 0 Å². The zero-order chi connectivity index (χ0) is 13.9. The summed E-state index contributed by atoms with van der Waals surface area (Å²) in [6.45, 7) is 2.10. The molecule has 2 heterocycles. The van der Waals surface area contributed by atoms with Gasteiger partial charge in [0.1, 0.15) is 0 Å². The molecule has 0 saturated carbocycles. The van der Waals surface area contributed by atoms with Crippen molar-refractivity contribution < 1.29 is 14.3 Å². The molecule has 0 saturated heterocycles. The Morgan fingerprint density at radius 2 is 2.20 bits per heavy atom. The number of aromatic nitrogens is 1. The molecule has 0 N–H and O–H groups in total. The zero-order valence-electron chi connectivity index (χ0n) is 11.0. The summed E-state index contributed by atoms with van der Waals surface area (Å²) in [4.78, 5) is 20.3. The van der Waals surface area contributed by atoms with Gasteiger partial charge in [-0.25, -0.2) is 9.79 Å². The van der Waals surface area contributed by atoms with Gasteiger partial charge in [-0.3, -0.25) is 4.98 Å². The van der Waals surface area contributed by atoms with E-state index < -0.39 is 12.1 Å². The molecular formula is C15H14N2O3. The summed E-state index contributed by atoms with van der Waals surface area (Å²) in [5.41, 5.74) is 1.76. The fourth-order valence-electron chi connectivity index (χ4n) is 2.34. The van der Waals surface area contributed by atoms with E-state index in [-0.39, 0.29) is 5.97 Å². The molecule has 5 nitrogen and oxygen atoms in total. The summed E-state index contributed by atoms with van der Waals surface area (Å²) in [5.74, 6) is -0.368. The minimum atomic E-state index is -0.652. The number of ether oxygens (including phenoxy) is 2. The number of pyridine rings is 1. The normalized spacial score (nSPS) is 20.9. The lowest BCUT2D eigenvalue weighted by molar-refractivity contribution is -0.146. The van der Waals surface area contributed by atoms with Crippen LogP contribution in [0.1, 0.15) is 18.6 Å². The number of aliphatic imine (C=N–C) groups is 1. The van der Waals surface area contributed by atoms with Gasteiger partial charge in [-0.1, -0.05) is 18.2 Å². The number of rotatable bonds is 3. The van der Waals surface area contributed by atoms with Gasteiger partial charge in [0.15, 0.2) is 18.5 Å². The van der Waals surface area contributed by atoms with Crippen molar-refractivity contribution in [1.82, 2.24) is 4.98 Å². The first-order chi connectivity index (χ1) is 9.81. The third-order valence-corrected chi connectivity index (χ3v) is 3.23. The van der Waals surface area contributed by atoms with E-state index in [0.29, 0.717) is 6.61 Å². The van der Waals surface area contributed by atoms with Gasteiger partial charge in [-0.05, 0) is 19.1 Å². The monoisotopic (exact) mass is 270 g/mol. The highest BCUT2D eigenvalue weighted by atomic mass is 16.5. The third-order valence-electron chi connectivity index (χ3n) is 3.23. The Labute approximate surface area is 116 Å². The second kappa shape index (κ2) is 5.28. The van der Waals surface area contributed by atoms with E-state index in [0.717, 1.165) is 16.5 Å². The second-order valence-corrected chi connectivity index (χ2v) is 4.43. The summed E-state index contributed by atoms with van der Waals surface area (Å²) in [6, 6.07) is 8.95. The van der Waals surface area contributed by atoms with Gasteiger partial charge in [0.25, 0.3) is 0 Å². The Kier molecular flexibility index (Phi) is 3.33. The molecule has 1 aromatic carbocycles. The van der Waals surface area contributed by atoms with Gasteiger partial charge in [0, 0.05) is 17.1 Å². The van der Waals surface area contributed by atoms with E-state index in [4.69, 9.17) is 9.47 Å². The van der Waals surface area contributed by atoms with Crippen LogP contribution in [-0.4, -0.2) is 30.0 Å². The van der Waals surface area contributed by atoms with Crippen molar-refractivity contribution in [2.45, 2.75) is 19.1 Å². The molecule has 0 amide bonds. The predicted octanol–water partition coefficient (Wildman–Crippen LogP) is 2.27. The van der Waals surface area contributed by atoms with Crippen LogP contribution in [0.5, 0.6) is 0 Å².